The highest BCUT2D eigenvalue weighted by Crippen LogP contribution is 2.32. The molecule has 0 atom stereocenters. The predicted octanol–water partition coefficient (Wildman–Crippen LogP) is 2.14. The van der Waals surface area contributed by atoms with E-state index < -0.39 is 0 Å². The van der Waals surface area contributed by atoms with Crippen LogP contribution in [0.5, 0.6) is 0 Å². The zero-order valence-corrected chi connectivity index (χ0v) is 15.7. The van der Waals surface area contributed by atoms with E-state index in [1.54, 1.807) is 6.20 Å². The Morgan fingerprint density at radius 2 is 2.04 bits per heavy atom. The first kappa shape index (κ1) is 17.1. The zero-order chi connectivity index (χ0) is 18.3. The molecular formula is C20H27N5O2. The van der Waals surface area contributed by atoms with Gasteiger partial charge >= 0.3 is 0 Å². The molecule has 4 heterocycles. The number of rotatable bonds is 2. The van der Waals surface area contributed by atoms with E-state index in [1.807, 2.05) is 17.3 Å². The minimum atomic E-state index is -0.180. The van der Waals surface area contributed by atoms with E-state index in [4.69, 9.17) is 4.74 Å². The van der Waals surface area contributed by atoms with Gasteiger partial charge in [0.05, 0.1) is 30.6 Å². The Bertz CT molecular complexity index is 830. The number of aromatic nitrogens is 3. The van der Waals surface area contributed by atoms with E-state index in [0.717, 1.165) is 37.1 Å². The van der Waals surface area contributed by atoms with E-state index in [-0.39, 0.29) is 11.5 Å². The Morgan fingerprint density at radius 1 is 1.22 bits per heavy atom. The molecule has 2 aliphatic heterocycles. The third-order valence-corrected chi connectivity index (χ3v) is 6.43. The second kappa shape index (κ2) is 6.87. The number of carbonyl (C=O) groups is 1. The predicted molar refractivity (Wildman–Crippen MR) is 102 cm³/mol. The molecule has 2 saturated heterocycles. The molecule has 7 heteroatoms. The third-order valence-electron chi connectivity index (χ3n) is 6.43. The van der Waals surface area contributed by atoms with Crippen LogP contribution in [0.2, 0.25) is 0 Å². The Hall–Kier alpha value is -1.99. The Kier molecular flexibility index (Phi) is 4.36. The van der Waals surface area contributed by atoms with Gasteiger partial charge in [0.25, 0.3) is 5.91 Å². The van der Waals surface area contributed by atoms with Crippen LogP contribution in [0.15, 0.2) is 18.6 Å². The minimum Gasteiger partial charge on any atom is -0.371 e. The van der Waals surface area contributed by atoms with Gasteiger partial charge in [0.2, 0.25) is 0 Å². The molecular weight excluding hydrogens is 342 g/mol. The maximum Gasteiger partial charge on any atom is 0.255 e. The molecule has 0 radical (unpaired) electrons. The number of morpholine rings is 1. The number of ether oxygens (including phenoxy) is 1. The van der Waals surface area contributed by atoms with Crippen molar-refractivity contribution in [1.29, 1.82) is 0 Å². The summed E-state index contributed by atoms with van der Waals surface area (Å²) >= 11 is 0. The summed E-state index contributed by atoms with van der Waals surface area (Å²) in [5, 5.41) is 3.37. The van der Waals surface area contributed by atoms with E-state index in [1.165, 1.54) is 25.7 Å². The number of carbonyl (C=O) groups excluding carboxylic acids is 1. The standard InChI is InChI=1S/C20H27N5O2/c26-19(24-9-10-27-20(13-24)5-7-21-8-6-20)15-11-17-18(22-12-15)25(14-23-17)16-3-1-2-4-16/h11-12,14,16,21H,1-10,13H2. The van der Waals surface area contributed by atoms with E-state index in [2.05, 4.69) is 19.9 Å². The van der Waals surface area contributed by atoms with Gasteiger partial charge in [-0.25, -0.2) is 9.97 Å². The van der Waals surface area contributed by atoms with Crippen LogP contribution >= 0.6 is 0 Å². The molecule has 144 valence electrons. The SMILES string of the molecule is O=C(c1cnc2c(c1)ncn2C1CCCC1)N1CCOC2(CCNCC2)C1. The second-order valence-electron chi connectivity index (χ2n) is 8.17. The van der Waals surface area contributed by atoms with Crippen LogP contribution in [0, 0.1) is 0 Å². The topological polar surface area (TPSA) is 72.3 Å². The van der Waals surface area contributed by atoms with Crippen molar-refractivity contribution in [3.05, 3.63) is 24.2 Å². The molecule has 27 heavy (non-hydrogen) atoms. The smallest absolute Gasteiger partial charge is 0.255 e. The maximum atomic E-state index is 13.1. The number of piperidine rings is 1. The highest BCUT2D eigenvalue weighted by atomic mass is 16.5. The van der Waals surface area contributed by atoms with E-state index >= 15 is 0 Å². The maximum absolute atomic E-state index is 13.1. The minimum absolute atomic E-state index is 0.0426. The van der Waals surface area contributed by atoms with Crippen molar-refractivity contribution in [2.45, 2.75) is 50.2 Å². The molecule has 1 saturated carbocycles. The van der Waals surface area contributed by atoms with Crippen molar-refractivity contribution in [1.82, 2.24) is 24.8 Å². The van der Waals surface area contributed by atoms with Gasteiger partial charge in [0.15, 0.2) is 5.65 Å². The highest BCUT2D eigenvalue weighted by molar-refractivity contribution is 5.96. The van der Waals surface area contributed by atoms with Gasteiger partial charge in [-0.15, -0.1) is 0 Å². The van der Waals surface area contributed by atoms with Gasteiger partial charge in [-0.1, -0.05) is 12.8 Å². The van der Waals surface area contributed by atoms with Gasteiger partial charge in [-0.3, -0.25) is 4.79 Å². The molecule has 0 bridgehead atoms. The molecule has 5 rings (SSSR count). The first-order chi connectivity index (χ1) is 13.2. The monoisotopic (exact) mass is 369 g/mol. The number of fused-ring (bicyclic) bond motifs is 1. The number of hydrogen-bond donors (Lipinski definition) is 1. The average molecular weight is 369 g/mol. The number of nitrogens with zero attached hydrogens (tertiary/aromatic N) is 4. The normalized spacial score (nSPS) is 23.3. The lowest BCUT2D eigenvalue weighted by Gasteiger charge is -2.45. The zero-order valence-electron chi connectivity index (χ0n) is 15.7. The first-order valence-electron chi connectivity index (χ1n) is 10.2. The number of imidazole rings is 1. The fourth-order valence-corrected chi connectivity index (χ4v) is 4.87. The Labute approximate surface area is 159 Å². The summed E-state index contributed by atoms with van der Waals surface area (Å²) in [5.41, 5.74) is 2.17. The van der Waals surface area contributed by atoms with Crippen LogP contribution in [0.25, 0.3) is 11.2 Å². The first-order valence-corrected chi connectivity index (χ1v) is 10.2. The van der Waals surface area contributed by atoms with Gasteiger partial charge in [-0.05, 0) is 44.8 Å². The summed E-state index contributed by atoms with van der Waals surface area (Å²) < 4.78 is 8.28. The number of pyridine rings is 1. The second-order valence-corrected chi connectivity index (χ2v) is 8.17. The number of nitrogens with one attached hydrogen (secondary N) is 1. The summed E-state index contributed by atoms with van der Waals surface area (Å²) in [5.74, 6) is 0.0426. The van der Waals surface area contributed by atoms with Crippen molar-refractivity contribution in [3.8, 4) is 0 Å². The lowest BCUT2D eigenvalue weighted by atomic mass is 9.90. The van der Waals surface area contributed by atoms with Crippen molar-refractivity contribution in [3.63, 3.8) is 0 Å². The summed E-state index contributed by atoms with van der Waals surface area (Å²) in [4.78, 5) is 24.2. The molecule has 0 unspecified atom stereocenters. The Morgan fingerprint density at radius 3 is 2.85 bits per heavy atom. The van der Waals surface area contributed by atoms with Crippen molar-refractivity contribution in [2.24, 2.45) is 0 Å². The summed E-state index contributed by atoms with van der Waals surface area (Å²) in [6.07, 6.45) is 10.5. The van der Waals surface area contributed by atoms with Crippen LogP contribution in [0.1, 0.15) is 54.9 Å². The quantitative estimate of drug-likeness (QED) is 0.878. The fourth-order valence-electron chi connectivity index (χ4n) is 4.87. The molecule has 1 amide bonds. The van der Waals surface area contributed by atoms with Crippen LogP contribution in [0.3, 0.4) is 0 Å². The molecule has 7 nitrogen and oxygen atoms in total. The average Bonchev–Trinajstić information content (AvgIpc) is 3.37. The van der Waals surface area contributed by atoms with Crippen LogP contribution < -0.4 is 5.32 Å². The van der Waals surface area contributed by atoms with Crippen LogP contribution in [-0.2, 0) is 4.74 Å². The molecule has 2 aromatic rings. The lowest BCUT2D eigenvalue weighted by Crippen LogP contribution is -2.57. The molecule has 2 aromatic heterocycles. The van der Waals surface area contributed by atoms with Crippen LogP contribution in [0.4, 0.5) is 0 Å². The van der Waals surface area contributed by atoms with E-state index in [9.17, 15) is 4.79 Å². The summed E-state index contributed by atoms with van der Waals surface area (Å²) in [6.45, 7) is 3.82. The van der Waals surface area contributed by atoms with Gasteiger partial charge in [0.1, 0.15) is 5.52 Å². The van der Waals surface area contributed by atoms with Gasteiger partial charge < -0.3 is 19.5 Å². The third kappa shape index (κ3) is 3.12. The molecule has 0 aromatic carbocycles. The molecule has 1 spiro atoms. The van der Waals surface area contributed by atoms with Crippen LogP contribution in [-0.4, -0.2) is 63.7 Å². The summed E-state index contributed by atoms with van der Waals surface area (Å²) in [6, 6.07) is 2.41. The van der Waals surface area contributed by atoms with Crippen molar-refractivity contribution >= 4 is 17.1 Å². The highest BCUT2D eigenvalue weighted by Gasteiger charge is 2.39. The fraction of sp³-hybridized carbons (Fsp3) is 0.650. The van der Waals surface area contributed by atoms with Gasteiger partial charge in [0, 0.05) is 18.8 Å². The molecule has 1 N–H and O–H groups in total. The molecule has 3 fully saturated rings. The molecule has 3 aliphatic rings. The number of hydrogen-bond acceptors (Lipinski definition) is 5. The lowest BCUT2D eigenvalue weighted by molar-refractivity contribution is -0.114. The summed E-state index contributed by atoms with van der Waals surface area (Å²) in [7, 11) is 0. The largest absolute Gasteiger partial charge is 0.371 e. The van der Waals surface area contributed by atoms with Gasteiger partial charge in [-0.2, -0.15) is 0 Å². The Balaban J connectivity index is 1.37. The van der Waals surface area contributed by atoms with Crippen molar-refractivity contribution in [2.75, 3.05) is 32.8 Å². The molecule has 1 aliphatic carbocycles. The van der Waals surface area contributed by atoms with E-state index in [0.29, 0.717) is 31.3 Å². The number of amides is 1. The van der Waals surface area contributed by atoms with Crippen molar-refractivity contribution < 1.29 is 9.53 Å².